The minimum absolute atomic E-state index is 0.0403. The van der Waals surface area contributed by atoms with Crippen LogP contribution >= 0.6 is 0 Å². The number of carbonyl (C=O) groups excluding carboxylic acids is 1. The molecular weight excluding hydrogens is 459 g/mol. The first-order valence-corrected chi connectivity index (χ1v) is 10.8. The van der Waals surface area contributed by atoms with Gasteiger partial charge in [-0.2, -0.15) is 13.2 Å². The highest BCUT2D eigenvalue weighted by atomic mass is 19.4. The summed E-state index contributed by atoms with van der Waals surface area (Å²) in [6, 6.07) is 19.6. The molecule has 0 spiro atoms. The molecule has 0 unspecified atom stereocenters. The first-order chi connectivity index (χ1) is 16.8. The Morgan fingerprint density at radius 3 is 2.29 bits per heavy atom. The largest absolute Gasteiger partial charge is 0.417 e. The molecule has 0 saturated carbocycles. The monoisotopic (exact) mass is 481 g/mol. The van der Waals surface area contributed by atoms with Gasteiger partial charge in [0.2, 0.25) is 5.91 Å². The van der Waals surface area contributed by atoms with Gasteiger partial charge in [0.05, 0.1) is 10.9 Å². The summed E-state index contributed by atoms with van der Waals surface area (Å²) in [5.74, 6) is -0.123. The number of amides is 1. The number of pyridine rings is 2. The van der Waals surface area contributed by atoms with Crippen molar-refractivity contribution in [2.24, 2.45) is 0 Å². The Morgan fingerprint density at radius 2 is 1.66 bits per heavy atom. The predicted octanol–water partition coefficient (Wildman–Crippen LogP) is 4.70. The third-order valence-electron chi connectivity index (χ3n) is 5.27. The van der Waals surface area contributed by atoms with Crippen molar-refractivity contribution in [3.63, 3.8) is 0 Å². The molecule has 0 atom stereocenters. The number of para-hydroxylation sites is 2. The molecule has 3 N–H and O–H groups in total. The van der Waals surface area contributed by atoms with Gasteiger partial charge in [0, 0.05) is 37.5 Å². The van der Waals surface area contributed by atoms with Gasteiger partial charge < -0.3 is 16.0 Å². The van der Waals surface area contributed by atoms with E-state index in [2.05, 4.69) is 20.9 Å². The molecule has 7 nitrogen and oxygen atoms in total. The summed E-state index contributed by atoms with van der Waals surface area (Å²) >= 11 is 0. The number of benzene rings is 2. The maximum Gasteiger partial charge on any atom is 0.417 e. The molecule has 2 aromatic carbocycles. The van der Waals surface area contributed by atoms with E-state index < -0.39 is 22.6 Å². The highest BCUT2D eigenvalue weighted by Crippen LogP contribution is 2.36. The highest BCUT2D eigenvalue weighted by molar-refractivity contribution is 5.86. The third kappa shape index (κ3) is 5.26. The minimum atomic E-state index is -4.81. The standard InChI is InChI=1S/C25H22F3N5O2/c1-29-22(35)12-13-30-20-14-18(25(26,27)28)23-19(34)15-21(31-16-8-4-2-5-9-16)33(24(23)32-20)17-10-6-3-7-11-17/h2-11,14-15,31H,12-13H2,1H3,(H,29,35)(H,30,32). The summed E-state index contributed by atoms with van der Waals surface area (Å²) in [7, 11) is 1.47. The van der Waals surface area contributed by atoms with Crippen LogP contribution in [0, 0.1) is 0 Å². The van der Waals surface area contributed by atoms with Crippen LogP contribution in [0.2, 0.25) is 0 Å². The van der Waals surface area contributed by atoms with E-state index in [9.17, 15) is 22.8 Å². The molecule has 2 heterocycles. The Balaban J connectivity index is 1.97. The van der Waals surface area contributed by atoms with Gasteiger partial charge in [0.1, 0.15) is 11.6 Å². The first-order valence-electron chi connectivity index (χ1n) is 10.8. The van der Waals surface area contributed by atoms with Crippen molar-refractivity contribution in [1.29, 1.82) is 0 Å². The van der Waals surface area contributed by atoms with E-state index >= 15 is 0 Å². The average molecular weight is 481 g/mol. The van der Waals surface area contributed by atoms with Crippen molar-refractivity contribution in [1.82, 2.24) is 14.9 Å². The van der Waals surface area contributed by atoms with Crippen molar-refractivity contribution in [3.05, 3.63) is 88.6 Å². The molecule has 2 aromatic heterocycles. The number of nitrogens with zero attached hydrogens (tertiary/aromatic N) is 2. The highest BCUT2D eigenvalue weighted by Gasteiger charge is 2.35. The minimum Gasteiger partial charge on any atom is -0.369 e. The maximum absolute atomic E-state index is 14.1. The fraction of sp³-hybridized carbons (Fsp3) is 0.160. The lowest BCUT2D eigenvalue weighted by molar-refractivity contribution is -0.136. The molecule has 0 fully saturated rings. The van der Waals surface area contributed by atoms with Crippen molar-refractivity contribution in [2.75, 3.05) is 24.2 Å². The zero-order valence-electron chi connectivity index (χ0n) is 18.7. The average Bonchev–Trinajstić information content (AvgIpc) is 2.84. The molecule has 0 radical (unpaired) electrons. The molecule has 4 rings (SSSR count). The Kier molecular flexibility index (Phi) is 6.72. The normalized spacial score (nSPS) is 11.3. The van der Waals surface area contributed by atoms with Crippen LogP contribution in [0.15, 0.2) is 77.6 Å². The number of aromatic nitrogens is 2. The van der Waals surface area contributed by atoms with E-state index in [0.29, 0.717) is 11.4 Å². The molecule has 0 aliphatic rings. The molecule has 4 aromatic rings. The third-order valence-corrected chi connectivity index (χ3v) is 5.27. The second-order valence-electron chi connectivity index (χ2n) is 7.66. The number of halogens is 3. The molecule has 0 saturated heterocycles. The molecule has 10 heteroatoms. The maximum atomic E-state index is 14.1. The van der Waals surface area contributed by atoms with Crippen LogP contribution in [-0.2, 0) is 11.0 Å². The van der Waals surface area contributed by atoms with Gasteiger partial charge in [-0.25, -0.2) is 4.98 Å². The smallest absolute Gasteiger partial charge is 0.369 e. The van der Waals surface area contributed by atoms with E-state index in [1.807, 2.05) is 6.07 Å². The second kappa shape index (κ2) is 9.88. The van der Waals surface area contributed by atoms with E-state index in [-0.39, 0.29) is 36.2 Å². The summed E-state index contributed by atoms with van der Waals surface area (Å²) in [6.07, 6.45) is -4.76. The van der Waals surface area contributed by atoms with Crippen LogP contribution in [0.1, 0.15) is 12.0 Å². The Labute approximate surface area is 198 Å². The van der Waals surface area contributed by atoms with Gasteiger partial charge in [-0.3, -0.25) is 14.2 Å². The van der Waals surface area contributed by atoms with Crippen LogP contribution in [0.3, 0.4) is 0 Å². The Bertz CT molecular complexity index is 1400. The number of hydrogen-bond acceptors (Lipinski definition) is 5. The molecule has 1 amide bonds. The van der Waals surface area contributed by atoms with Gasteiger partial charge >= 0.3 is 6.18 Å². The first kappa shape index (κ1) is 23.8. The molecule has 0 aliphatic heterocycles. The van der Waals surface area contributed by atoms with Gasteiger partial charge in [0.25, 0.3) is 0 Å². The van der Waals surface area contributed by atoms with Crippen LogP contribution in [-0.4, -0.2) is 29.1 Å². The van der Waals surface area contributed by atoms with Crippen molar-refractivity contribution in [3.8, 4) is 5.69 Å². The lowest BCUT2D eigenvalue weighted by atomic mass is 10.1. The molecule has 0 aliphatic carbocycles. The summed E-state index contributed by atoms with van der Waals surface area (Å²) in [5, 5.41) is 7.80. The van der Waals surface area contributed by atoms with E-state index in [1.54, 1.807) is 54.6 Å². The summed E-state index contributed by atoms with van der Waals surface area (Å²) in [5.41, 5.74) is -0.932. The fourth-order valence-corrected chi connectivity index (χ4v) is 3.65. The number of carbonyl (C=O) groups is 1. The number of fused-ring (bicyclic) bond motifs is 1. The van der Waals surface area contributed by atoms with Gasteiger partial charge in [-0.05, 0) is 30.3 Å². The molecule has 35 heavy (non-hydrogen) atoms. The Hall–Kier alpha value is -4.34. The summed E-state index contributed by atoms with van der Waals surface area (Å²) < 4.78 is 43.7. The van der Waals surface area contributed by atoms with E-state index in [1.165, 1.54) is 11.6 Å². The van der Waals surface area contributed by atoms with Crippen molar-refractivity contribution in [2.45, 2.75) is 12.6 Å². The number of anilines is 3. The van der Waals surface area contributed by atoms with Crippen LogP contribution in [0.5, 0.6) is 0 Å². The lowest BCUT2D eigenvalue weighted by Gasteiger charge is -2.20. The van der Waals surface area contributed by atoms with Crippen LogP contribution in [0.4, 0.5) is 30.5 Å². The lowest BCUT2D eigenvalue weighted by Crippen LogP contribution is -2.22. The SMILES string of the molecule is CNC(=O)CCNc1cc(C(F)(F)F)c2c(=O)cc(Nc3ccccc3)n(-c3ccccc3)c2n1. The van der Waals surface area contributed by atoms with Gasteiger partial charge in [-0.15, -0.1) is 0 Å². The summed E-state index contributed by atoms with van der Waals surface area (Å²) in [6.45, 7) is 0.0625. The topological polar surface area (TPSA) is 88.0 Å². The Morgan fingerprint density at radius 1 is 1.00 bits per heavy atom. The quantitative estimate of drug-likeness (QED) is 0.356. The van der Waals surface area contributed by atoms with E-state index in [4.69, 9.17) is 0 Å². The molecule has 0 bridgehead atoms. The number of alkyl halides is 3. The second-order valence-corrected chi connectivity index (χ2v) is 7.66. The van der Waals surface area contributed by atoms with Crippen LogP contribution in [0.25, 0.3) is 16.7 Å². The molecule has 180 valence electrons. The number of rotatable bonds is 7. The predicted molar refractivity (Wildman–Crippen MR) is 129 cm³/mol. The van der Waals surface area contributed by atoms with Crippen molar-refractivity contribution >= 4 is 34.3 Å². The molecular formula is C25H22F3N5O2. The van der Waals surface area contributed by atoms with Gasteiger partial charge in [-0.1, -0.05) is 36.4 Å². The van der Waals surface area contributed by atoms with Gasteiger partial charge in [0.15, 0.2) is 11.1 Å². The van der Waals surface area contributed by atoms with Crippen molar-refractivity contribution < 1.29 is 18.0 Å². The van der Waals surface area contributed by atoms with Crippen LogP contribution < -0.4 is 21.4 Å². The summed E-state index contributed by atoms with van der Waals surface area (Å²) in [4.78, 5) is 29.0. The zero-order chi connectivity index (χ0) is 25.0. The fourth-order valence-electron chi connectivity index (χ4n) is 3.65. The number of hydrogen-bond donors (Lipinski definition) is 3. The number of nitrogens with one attached hydrogen (secondary N) is 3. The zero-order valence-corrected chi connectivity index (χ0v) is 18.7. The van der Waals surface area contributed by atoms with E-state index in [0.717, 1.165) is 12.1 Å².